The SMILES string of the molecule is CCC(C)CC(C)CN(CC)CCOC. The Hall–Kier alpha value is -0.0800. The minimum Gasteiger partial charge on any atom is -0.383 e. The second kappa shape index (κ2) is 9.17. The summed E-state index contributed by atoms with van der Waals surface area (Å²) in [5.74, 6) is 1.66. The fourth-order valence-corrected chi connectivity index (χ4v) is 1.97. The Balaban J connectivity index is 3.74. The average Bonchev–Trinajstić information content (AvgIpc) is 2.23. The first-order valence-corrected chi connectivity index (χ1v) is 6.35. The molecule has 0 spiro atoms. The van der Waals surface area contributed by atoms with Crippen molar-refractivity contribution in [3.63, 3.8) is 0 Å². The average molecular weight is 215 g/mol. The summed E-state index contributed by atoms with van der Waals surface area (Å²) in [7, 11) is 1.77. The Bertz CT molecular complexity index is 138. The molecule has 0 bridgehead atoms. The fraction of sp³-hybridized carbons (Fsp3) is 1.00. The first-order valence-electron chi connectivity index (χ1n) is 6.35. The van der Waals surface area contributed by atoms with E-state index in [1.54, 1.807) is 7.11 Å². The van der Waals surface area contributed by atoms with Crippen LogP contribution in [0.3, 0.4) is 0 Å². The van der Waals surface area contributed by atoms with Crippen molar-refractivity contribution in [2.24, 2.45) is 11.8 Å². The van der Waals surface area contributed by atoms with Gasteiger partial charge in [0.1, 0.15) is 0 Å². The smallest absolute Gasteiger partial charge is 0.0589 e. The van der Waals surface area contributed by atoms with Gasteiger partial charge in [0.25, 0.3) is 0 Å². The summed E-state index contributed by atoms with van der Waals surface area (Å²) < 4.78 is 5.12. The van der Waals surface area contributed by atoms with E-state index in [1.165, 1.54) is 19.4 Å². The van der Waals surface area contributed by atoms with Crippen molar-refractivity contribution in [1.29, 1.82) is 0 Å². The molecule has 0 saturated carbocycles. The summed E-state index contributed by atoms with van der Waals surface area (Å²) >= 11 is 0. The third kappa shape index (κ3) is 7.80. The number of ether oxygens (including phenoxy) is 1. The van der Waals surface area contributed by atoms with E-state index in [0.717, 1.165) is 31.5 Å². The van der Waals surface area contributed by atoms with Gasteiger partial charge in [-0.2, -0.15) is 0 Å². The molecule has 0 rings (SSSR count). The molecule has 2 heteroatoms. The molecule has 0 heterocycles. The van der Waals surface area contributed by atoms with Gasteiger partial charge in [-0.25, -0.2) is 0 Å². The molecule has 0 aliphatic heterocycles. The number of rotatable bonds is 9. The topological polar surface area (TPSA) is 12.5 Å². The lowest BCUT2D eigenvalue weighted by atomic mass is 9.95. The van der Waals surface area contributed by atoms with Crippen molar-refractivity contribution in [1.82, 2.24) is 4.90 Å². The molecule has 0 aromatic rings. The summed E-state index contributed by atoms with van der Waals surface area (Å²) in [5, 5.41) is 0. The lowest BCUT2D eigenvalue weighted by Crippen LogP contribution is -2.32. The van der Waals surface area contributed by atoms with Crippen LogP contribution < -0.4 is 0 Å². The van der Waals surface area contributed by atoms with Gasteiger partial charge in [0.05, 0.1) is 6.61 Å². The monoisotopic (exact) mass is 215 g/mol. The Kier molecular flexibility index (Phi) is 9.12. The minimum absolute atomic E-state index is 0.803. The van der Waals surface area contributed by atoms with Crippen LogP contribution in [0.15, 0.2) is 0 Å². The third-order valence-electron chi connectivity index (χ3n) is 3.13. The highest BCUT2D eigenvalue weighted by Crippen LogP contribution is 2.15. The van der Waals surface area contributed by atoms with Gasteiger partial charge in [-0.15, -0.1) is 0 Å². The summed E-state index contributed by atoms with van der Waals surface area (Å²) in [4.78, 5) is 2.48. The van der Waals surface area contributed by atoms with Crippen molar-refractivity contribution in [2.45, 2.75) is 40.5 Å². The van der Waals surface area contributed by atoms with Crippen LogP contribution >= 0.6 is 0 Å². The molecule has 0 amide bonds. The predicted molar refractivity (Wildman–Crippen MR) is 67.2 cm³/mol. The maximum absolute atomic E-state index is 5.12. The largest absolute Gasteiger partial charge is 0.383 e. The maximum atomic E-state index is 5.12. The van der Waals surface area contributed by atoms with Crippen molar-refractivity contribution in [2.75, 3.05) is 33.4 Å². The zero-order valence-corrected chi connectivity index (χ0v) is 11.3. The van der Waals surface area contributed by atoms with Crippen molar-refractivity contribution >= 4 is 0 Å². The van der Waals surface area contributed by atoms with E-state index < -0.39 is 0 Å². The molecule has 2 nitrogen and oxygen atoms in total. The van der Waals surface area contributed by atoms with Crippen LogP contribution in [0.2, 0.25) is 0 Å². The molecule has 2 unspecified atom stereocenters. The lowest BCUT2D eigenvalue weighted by molar-refractivity contribution is 0.138. The highest BCUT2D eigenvalue weighted by Gasteiger charge is 2.11. The predicted octanol–water partition coefficient (Wildman–Crippen LogP) is 3.03. The van der Waals surface area contributed by atoms with Gasteiger partial charge in [0.15, 0.2) is 0 Å². The number of likely N-dealkylation sites (N-methyl/N-ethyl adjacent to an activating group) is 1. The second-order valence-electron chi connectivity index (χ2n) is 4.74. The molecule has 0 radical (unpaired) electrons. The van der Waals surface area contributed by atoms with E-state index in [1.807, 2.05) is 0 Å². The first-order chi connectivity index (χ1) is 7.13. The standard InChI is InChI=1S/C13H29NO/c1-6-12(3)10-13(4)11-14(7-2)8-9-15-5/h12-13H,6-11H2,1-5H3. The van der Waals surface area contributed by atoms with Crippen LogP contribution in [0.4, 0.5) is 0 Å². The third-order valence-corrected chi connectivity index (χ3v) is 3.13. The Labute approximate surface area is 96.0 Å². The molecule has 0 fully saturated rings. The van der Waals surface area contributed by atoms with E-state index in [0.29, 0.717) is 0 Å². The molecule has 0 aromatic carbocycles. The Morgan fingerprint density at radius 1 is 1.13 bits per heavy atom. The van der Waals surface area contributed by atoms with Gasteiger partial charge < -0.3 is 9.64 Å². The molecule has 0 aromatic heterocycles. The summed E-state index contributed by atoms with van der Waals surface area (Å²) in [5.41, 5.74) is 0. The summed E-state index contributed by atoms with van der Waals surface area (Å²) in [6.45, 7) is 13.5. The number of methoxy groups -OCH3 is 1. The molecular weight excluding hydrogens is 186 g/mol. The first kappa shape index (κ1) is 14.9. The van der Waals surface area contributed by atoms with Crippen LogP contribution in [-0.2, 0) is 4.74 Å². The van der Waals surface area contributed by atoms with E-state index in [-0.39, 0.29) is 0 Å². The summed E-state index contributed by atoms with van der Waals surface area (Å²) in [6, 6.07) is 0. The molecule has 92 valence electrons. The molecular formula is C13H29NO. The maximum Gasteiger partial charge on any atom is 0.0589 e. The van der Waals surface area contributed by atoms with E-state index >= 15 is 0 Å². The normalized spacial score (nSPS) is 15.6. The molecule has 0 aliphatic carbocycles. The Morgan fingerprint density at radius 2 is 1.80 bits per heavy atom. The lowest BCUT2D eigenvalue weighted by Gasteiger charge is -2.25. The van der Waals surface area contributed by atoms with Crippen LogP contribution in [0, 0.1) is 11.8 Å². The highest BCUT2D eigenvalue weighted by atomic mass is 16.5. The van der Waals surface area contributed by atoms with Crippen LogP contribution in [0.1, 0.15) is 40.5 Å². The van der Waals surface area contributed by atoms with Crippen molar-refractivity contribution in [3.8, 4) is 0 Å². The van der Waals surface area contributed by atoms with E-state index in [4.69, 9.17) is 4.74 Å². The zero-order valence-electron chi connectivity index (χ0n) is 11.3. The van der Waals surface area contributed by atoms with Crippen LogP contribution in [0.5, 0.6) is 0 Å². The van der Waals surface area contributed by atoms with Gasteiger partial charge in [-0.3, -0.25) is 0 Å². The van der Waals surface area contributed by atoms with Crippen molar-refractivity contribution in [3.05, 3.63) is 0 Å². The molecule has 0 saturated heterocycles. The molecule has 0 N–H and O–H groups in total. The zero-order chi connectivity index (χ0) is 11.7. The van der Waals surface area contributed by atoms with Gasteiger partial charge in [0, 0.05) is 20.2 Å². The molecule has 2 atom stereocenters. The highest BCUT2D eigenvalue weighted by molar-refractivity contribution is 4.64. The fourth-order valence-electron chi connectivity index (χ4n) is 1.97. The van der Waals surface area contributed by atoms with Crippen LogP contribution in [0.25, 0.3) is 0 Å². The van der Waals surface area contributed by atoms with Gasteiger partial charge >= 0.3 is 0 Å². The van der Waals surface area contributed by atoms with Gasteiger partial charge in [-0.1, -0.05) is 34.1 Å². The van der Waals surface area contributed by atoms with Gasteiger partial charge in [0.2, 0.25) is 0 Å². The number of hydrogen-bond donors (Lipinski definition) is 0. The number of nitrogens with zero attached hydrogens (tertiary/aromatic N) is 1. The van der Waals surface area contributed by atoms with Gasteiger partial charge in [-0.05, 0) is 24.8 Å². The Morgan fingerprint density at radius 3 is 2.27 bits per heavy atom. The van der Waals surface area contributed by atoms with E-state index in [2.05, 4.69) is 32.6 Å². The number of hydrogen-bond acceptors (Lipinski definition) is 2. The van der Waals surface area contributed by atoms with Crippen LogP contribution in [-0.4, -0.2) is 38.3 Å². The molecule has 15 heavy (non-hydrogen) atoms. The van der Waals surface area contributed by atoms with E-state index in [9.17, 15) is 0 Å². The quantitative estimate of drug-likeness (QED) is 0.586. The minimum atomic E-state index is 0.803. The second-order valence-corrected chi connectivity index (χ2v) is 4.74. The molecule has 0 aliphatic rings. The van der Waals surface area contributed by atoms with Crippen molar-refractivity contribution < 1.29 is 4.74 Å². The summed E-state index contributed by atoms with van der Waals surface area (Å²) in [6.07, 6.45) is 2.65.